The van der Waals surface area contributed by atoms with Gasteiger partial charge in [0.15, 0.2) is 0 Å². The summed E-state index contributed by atoms with van der Waals surface area (Å²) in [5.74, 6) is 1.48. The summed E-state index contributed by atoms with van der Waals surface area (Å²) in [5.41, 5.74) is 2.91. The first-order valence-electron chi connectivity index (χ1n) is 10.8. The van der Waals surface area contributed by atoms with Gasteiger partial charge in [0.2, 0.25) is 5.91 Å². The van der Waals surface area contributed by atoms with Crippen LogP contribution in [0.3, 0.4) is 0 Å². The van der Waals surface area contributed by atoms with Crippen LogP contribution in [0.15, 0.2) is 78.9 Å². The van der Waals surface area contributed by atoms with Crippen LogP contribution in [0.25, 0.3) is 0 Å². The molecule has 162 valence electrons. The lowest BCUT2D eigenvalue weighted by molar-refractivity contribution is -0.114. The van der Waals surface area contributed by atoms with Gasteiger partial charge in [-0.1, -0.05) is 43.3 Å². The fourth-order valence-electron chi connectivity index (χ4n) is 3.05. The number of anilines is 2. The molecule has 0 saturated heterocycles. The number of carbonyl (C=O) groups excluding carboxylic acids is 1. The van der Waals surface area contributed by atoms with E-state index in [0.29, 0.717) is 13.2 Å². The third-order valence-corrected chi connectivity index (χ3v) is 4.62. The fraction of sp³-hybridized carbons (Fsp3) is 0.269. The van der Waals surface area contributed by atoms with Crippen molar-refractivity contribution in [3.05, 3.63) is 84.4 Å². The topological polar surface area (TPSA) is 59.6 Å². The van der Waals surface area contributed by atoms with Crippen LogP contribution < -0.4 is 20.1 Å². The summed E-state index contributed by atoms with van der Waals surface area (Å²) >= 11 is 0. The number of ether oxygens (including phenoxy) is 2. The van der Waals surface area contributed by atoms with Crippen molar-refractivity contribution in [3.8, 4) is 11.5 Å². The lowest BCUT2D eigenvalue weighted by atomic mass is 10.1. The summed E-state index contributed by atoms with van der Waals surface area (Å²) in [4.78, 5) is 12.2. The molecule has 0 radical (unpaired) electrons. The standard InChI is InChI=1S/C26H30N2O3/c1-2-17-30-25-12-6-11-23(19-25)27-20-26(29)28-22-13-15-24(16-14-22)31-18-7-10-21-8-4-3-5-9-21/h3-6,8-9,11-16,19,27H,2,7,10,17-18,20H2,1H3,(H,28,29). The summed E-state index contributed by atoms with van der Waals surface area (Å²) in [6.45, 7) is 3.58. The summed E-state index contributed by atoms with van der Waals surface area (Å²) in [5, 5.41) is 6.01. The van der Waals surface area contributed by atoms with Crippen LogP contribution in [0.1, 0.15) is 25.3 Å². The van der Waals surface area contributed by atoms with Gasteiger partial charge in [-0.3, -0.25) is 4.79 Å². The first-order valence-corrected chi connectivity index (χ1v) is 10.8. The quantitative estimate of drug-likeness (QED) is 0.379. The van der Waals surface area contributed by atoms with Crippen LogP contribution in [-0.4, -0.2) is 25.7 Å². The average molecular weight is 419 g/mol. The molecule has 1 amide bonds. The molecule has 3 aromatic carbocycles. The highest BCUT2D eigenvalue weighted by molar-refractivity contribution is 5.93. The summed E-state index contributed by atoms with van der Waals surface area (Å²) < 4.78 is 11.4. The van der Waals surface area contributed by atoms with E-state index in [1.54, 1.807) is 0 Å². The maximum Gasteiger partial charge on any atom is 0.243 e. The Balaban J connectivity index is 1.37. The van der Waals surface area contributed by atoms with E-state index in [0.717, 1.165) is 42.1 Å². The number of nitrogens with one attached hydrogen (secondary N) is 2. The van der Waals surface area contributed by atoms with E-state index in [1.807, 2.05) is 54.6 Å². The van der Waals surface area contributed by atoms with Gasteiger partial charge in [-0.25, -0.2) is 0 Å². The maximum atomic E-state index is 12.2. The molecule has 0 aliphatic carbocycles. The van der Waals surface area contributed by atoms with E-state index < -0.39 is 0 Å². The highest BCUT2D eigenvalue weighted by Crippen LogP contribution is 2.18. The van der Waals surface area contributed by atoms with Crippen LogP contribution in [0.5, 0.6) is 11.5 Å². The van der Waals surface area contributed by atoms with Crippen molar-refractivity contribution < 1.29 is 14.3 Å². The summed E-state index contributed by atoms with van der Waals surface area (Å²) in [6.07, 6.45) is 2.91. The van der Waals surface area contributed by atoms with E-state index in [9.17, 15) is 4.79 Å². The Labute approximate surface area is 184 Å². The van der Waals surface area contributed by atoms with Gasteiger partial charge in [0.25, 0.3) is 0 Å². The molecule has 0 saturated carbocycles. The van der Waals surface area contributed by atoms with Gasteiger partial charge < -0.3 is 20.1 Å². The maximum absolute atomic E-state index is 12.2. The van der Waals surface area contributed by atoms with Crippen LogP contribution in [0.2, 0.25) is 0 Å². The Morgan fingerprint density at radius 2 is 1.58 bits per heavy atom. The Hall–Kier alpha value is -3.47. The number of rotatable bonds is 12. The van der Waals surface area contributed by atoms with Crippen LogP contribution in [-0.2, 0) is 11.2 Å². The average Bonchev–Trinajstić information content (AvgIpc) is 2.81. The second-order valence-corrected chi connectivity index (χ2v) is 7.24. The van der Waals surface area contributed by atoms with Gasteiger partial charge in [-0.15, -0.1) is 0 Å². The second-order valence-electron chi connectivity index (χ2n) is 7.24. The second kappa shape index (κ2) is 12.3. The van der Waals surface area contributed by atoms with E-state index in [1.165, 1.54) is 5.56 Å². The highest BCUT2D eigenvalue weighted by Gasteiger charge is 2.04. The van der Waals surface area contributed by atoms with Crippen LogP contribution in [0, 0.1) is 0 Å². The zero-order chi connectivity index (χ0) is 21.7. The van der Waals surface area contributed by atoms with Crippen LogP contribution >= 0.6 is 0 Å². The third kappa shape index (κ3) is 8.05. The van der Waals surface area contributed by atoms with Crippen molar-refractivity contribution in [2.24, 2.45) is 0 Å². The van der Waals surface area contributed by atoms with Crippen molar-refractivity contribution in [2.75, 3.05) is 30.4 Å². The molecule has 3 aromatic rings. The van der Waals surface area contributed by atoms with Gasteiger partial charge in [-0.2, -0.15) is 0 Å². The molecule has 0 aromatic heterocycles. The van der Waals surface area contributed by atoms with Gasteiger partial charge in [0.05, 0.1) is 19.8 Å². The molecule has 0 bridgehead atoms. The number of benzene rings is 3. The molecule has 0 spiro atoms. The third-order valence-electron chi connectivity index (χ3n) is 4.62. The molecule has 0 fully saturated rings. The van der Waals surface area contributed by atoms with E-state index in [4.69, 9.17) is 9.47 Å². The fourth-order valence-corrected chi connectivity index (χ4v) is 3.05. The van der Waals surface area contributed by atoms with Crippen molar-refractivity contribution in [2.45, 2.75) is 26.2 Å². The van der Waals surface area contributed by atoms with Gasteiger partial charge in [0, 0.05) is 17.4 Å². The Morgan fingerprint density at radius 1 is 0.806 bits per heavy atom. The molecule has 0 atom stereocenters. The van der Waals surface area contributed by atoms with Gasteiger partial charge in [-0.05, 0) is 61.2 Å². The molecular weight excluding hydrogens is 388 g/mol. The first kappa shape index (κ1) is 22.2. The van der Waals surface area contributed by atoms with Crippen molar-refractivity contribution in [3.63, 3.8) is 0 Å². The van der Waals surface area contributed by atoms with Crippen molar-refractivity contribution in [1.82, 2.24) is 0 Å². The minimum Gasteiger partial charge on any atom is -0.494 e. The number of amides is 1. The largest absolute Gasteiger partial charge is 0.494 e. The first-order chi connectivity index (χ1) is 15.2. The Morgan fingerprint density at radius 3 is 2.35 bits per heavy atom. The van der Waals surface area contributed by atoms with E-state index in [-0.39, 0.29) is 12.5 Å². The number of carbonyl (C=O) groups is 1. The molecule has 2 N–H and O–H groups in total. The smallest absolute Gasteiger partial charge is 0.243 e. The highest BCUT2D eigenvalue weighted by atomic mass is 16.5. The Bertz CT molecular complexity index is 927. The predicted molar refractivity (Wildman–Crippen MR) is 126 cm³/mol. The zero-order valence-corrected chi connectivity index (χ0v) is 18.0. The molecule has 0 aliphatic rings. The SMILES string of the molecule is CCCOc1cccc(NCC(=O)Nc2ccc(OCCCc3ccccc3)cc2)c1. The van der Waals surface area contributed by atoms with E-state index >= 15 is 0 Å². The minimum absolute atomic E-state index is 0.114. The molecule has 31 heavy (non-hydrogen) atoms. The minimum atomic E-state index is -0.114. The zero-order valence-electron chi connectivity index (χ0n) is 18.0. The van der Waals surface area contributed by atoms with Crippen LogP contribution in [0.4, 0.5) is 11.4 Å². The summed E-state index contributed by atoms with van der Waals surface area (Å²) in [6, 6.07) is 25.5. The van der Waals surface area contributed by atoms with Crippen molar-refractivity contribution >= 4 is 17.3 Å². The molecule has 0 heterocycles. The molecular formula is C26H30N2O3. The molecule has 3 rings (SSSR count). The molecule has 0 unspecified atom stereocenters. The van der Waals surface area contributed by atoms with E-state index in [2.05, 4.69) is 41.8 Å². The number of aryl methyl sites for hydroxylation is 1. The number of hydrogen-bond donors (Lipinski definition) is 2. The van der Waals surface area contributed by atoms with Gasteiger partial charge in [0.1, 0.15) is 11.5 Å². The lowest BCUT2D eigenvalue weighted by Crippen LogP contribution is -2.21. The normalized spacial score (nSPS) is 10.4. The Kier molecular flexibility index (Phi) is 8.80. The molecule has 5 nitrogen and oxygen atoms in total. The summed E-state index contributed by atoms with van der Waals surface area (Å²) in [7, 11) is 0. The lowest BCUT2D eigenvalue weighted by Gasteiger charge is -2.11. The predicted octanol–water partition coefficient (Wildman–Crippen LogP) is 5.54. The molecule has 0 aliphatic heterocycles. The monoisotopic (exact) mass is 418 g/mol. The van der Waals surface area contributed by atoms with Crippen molar-refractivity contribution in [1.29, 1.82) is 0 Å². The van der Waals surface area contributed by atoms with Gasteiger partial charge >= 0.3 is 0 Å². The molecule has 5 heteroatoms. The number of hydrogen-bond acceptors (Lipinski definition) is 4.